The van der Waals surface area contributed by atoms with E-state index >= 15 is 0 Å². The predicted octanol–water partition coefficient (Wildman–Crippen LogP) is -1.11. The zero-order chi connectivity index (χ0) is 24.0. The van der Waals surface area contributed by atoms with Gasteiger partial charge in [0.15, 0.2) is 4.77 Å². The number of aliphatic hydroxyl groups excluding tert-OH is 1. The summed E-state index contributed by atoms with van der Waals surface area (Å²) in [4.78, 5) is 25.4. The summed E-state index contributed by atoms with van der Waals surface area (Å²) in [6, 6.07) is 13.0. The SMILES string of the molecule is Cc1cccc(C)c1N(CCC(=O)Nc1cccc(-n2cn[nH]c2=S)c1)CC(O)CC(=O)[O-].[Na+]. The molecule has 0 bridgehead atoms. The zero-order valence-electron chi connectivity index (χ0n) is 19.4. The number of hydrogen-bond acceptors (Lipinski definition) is 7. The number of rotatable bonds is 10. The molecule has 3 N–H and O–H groups in total. The molecule has 1 atom stereocenters. The fourth-order valence-electron chi connectivity index (χ4n) is 3.74. The van der Waals surface area contributed by atoms with Gasteiger partial charge in [-0.25, -0.2) is 0 Å². The number of aliphatic hydroxyl groups is 1. The molecule has 0 saturated carbocycles. The first kappa shape index (κ1) is 27.7. The molecule has 0 aliphatic rings. The van der Waals surface area contributed by atoms with Gasteiger partial charge < -0.3 is 25.2 Å². The van der Waals surface area contributed by atoms with Crippen LogP contribution in [0, 0.1) is 18.6 Å². The second-order valence-electron chi connectivity index (χ2n) is 7.80. The fourth-order valence-corrected chi connectivity index (χ4v) is 3.94. The molecule has 174 valence electrons. The summed E-state index contributed by atoms with van der Waals surface area (Å²) in [6.07, 6.45) is 0.107. The molecule has 0 spiro atoms. The number of carboxylic acids is 1. The van der Waals surface area contributed by atoms with Crippen molar-refractivity contribution < 1.29 is 49.4 Å². The van der Waals surface area contributed by atoms with Crippen molar-refractivity contribution in [1.29, 1.82) is 0 Å². The summed E-state index contributed by atoms with van der Waals surface area (Å²) in [6.45, 7) is 4.25. The second kappa shape index (κ2) is 12.8. The van der Waals surface area contributed by atoms with Crippen LogP contribution in [-0.4, -0.2) is 50.9 Å². The van der Waals surface area contributed by atoms with Gasteiger partial charge in [-0.1, -0.05) is 24.3 Å². The van der Waals surface area contributed by atoms with Crippen molar-refractivity contribution in [2.45, 2.75) is 32.8 Å². The van der Waals surface area contributed by atoms with Crippen molar-refractivity contribution in [1.82, 2.24) is 14.8 Å². The molecule has 1 unspecified atom stereocenters. The van der Waals surface area contributed by atoms with E-state index in [2.05, 4.69) is 15.5 Å². The van der Waals surface area contributed by atoms with Gasteiger partial charge in [-0.15, -0.1) is 0 Å². The summed E-state index contributed by atoms with van der Waals surface area (Å²) in [5.41, 5.74) is 4.19. The Morgan fingerprint density at radius 1 is 1.24 bits per heavy atom. The molecule has 1 amide bonds. The minimum atomic E-state index is -1.32. The maximum Gasteiger partial charge on any atom is 1.00 e. The summed E-state index contributed by atoms with van der Waals surface area (Å²) >= 11 is 5.19. The maximum absolute atomic E-state index is 12.7. The number of hydrogen-bond donors (Lipinski definition) is 3. The molecular formula is C23H26N5NaO4S. The Balaban J connectivity index is 0.00000408. The topological polar surface area (TPSA) is 126 Å². The first-order valence-electron chi connectivity index (χ1n) is 10.5. The fraction of sp³-hybridized carbons (Fsp3) is 0.304. The number of para-hydroxylation sites is 1. The van der Waals surface area contributed by atoms with Crippen LogP contribution in [0.5, 0.6) is 0 Å². The van der Waals surface area contributed by atoms with Gasteiger partial charge in [0, 0.05) is 43.3 Å². The molecule has 34 heavy (non-hydrogen) atoms. The number of aryl methyl sites for hydroxylation is 2. The minimum Gasteiger partial charge on any atom is -0.550 e. The van der Waals surface area contributed by atoms with E-state index in [-0.39, 0.29) is 48.4 Å². The predicted molar refractivity (Wildman–Crippen MR) is 126 cm³/mol. The number of carbonyl (C=O) groups excluding carboxylic acids is 2. The second-order valence-corrected chi connectivity index (χ2v) is 8.18. The third-order valence-electron chi connectivity index (χ3n) is 5.16. The number of aromatic amines is 1. The first-order chi connectivity index (χ1) is 15.7. The van der Waals surface area contributed by atoms with E-state index in [0.717, 1.165) is 22.5 Å². The van der Waals surface area contributed by atoms with Crippen molar-refractivity contribution in [3.05, 3.63) is 64.7 Å². The molecule has 0 aliphatic heterocycles. The molecule has 1 aromatic heterocycles. The molecule has 0 fully saturated rings. The van der Waals surface area contributed by atoms with Crippen LogP contribution in [0.1, 0.15) is 24.0 Å². The Bertz CT molecular complexity index is 1180. The average Bonchev–Trinajstić information content (AvgIpc) is 3.17. The standard InChI is InChI=1S/C23H27N5O4S.Na/c1-15-5-3-6-16(2)22(15)27(13-19(29)12-21(31)32)10-9-20(30)25-17-7-4-8-18(11-17)28-14-24-26-23(28)33;/h3-8,11,14,19,29H,9-10,12-13H2,1-2H3,(H,25,30)(H,26,33)(H,31,32);/q;+1/p-1. The molecule has 0 radical (unpaired) electrons. The number of nitrogens with one attached hydrogen (secondary N) is 2. The van der Waals surface area contributed by atoms with Gasteiger partial charge in [-0.05, 0) is 55.4 Å². The summed E-state index contributed by atoms with van der Waals surface area (Å²) in [5.74, 6) is -1.53. The van der Waals surface area contributed by atoms with E-state index in [1.165, 1.54) is 0 Å². The van der Waals surface area contributed by atoms with E-state index in [4.69, 9.17) is 12.2 Å². The molecule has 1 heterocycles. The molecule has 0 saturated heterocycles. The molecular weight excluding hydrogens is 465 g/mol. The Labute approximate surface area is 225 Å². The van der Waals surface area contributed by atoms with Crippen LogP contribution >= 0.6 is 12.2 Å². The van der Waals surface area contributed by atoms with Gasteiger partial charge >= 0.3 is 29.6 Å². The summed E-state index contributed by atoms with van der Waals surface area (Å²) in [7, 11) is 0. The van der Waals surface area contributed by atoms with Crippen LogP contribution in [0.3, 0.4) is 0 Å². The van der Waals surface area contributed by atoms with Crippen molar-refractivity contribution in [2.24, 2.45) is 0 Å². The van der Waals surface area contributed by atoms with Crippen molar-refractivity contribution in [3.8, 4) is 5.69 Å². The number of benzene rings is 2. The number of aromatic nitrogens is 3. The van der Waals surface area contributed by atoms with Crippen molar-refractivity contribution in [2.75, 3.05) is 23.3 Å². The van der Waals surface area contributed by atoms with Crippen LogP contribution in [0.4, 0.5) is 11.4 Å². The van der Waals surface area contributed by atoms with Crippen molar-refractivity contribution >= 4 is 35.5 Å². The monoisotopic (exact) mass is 491 g/mol. The largest absolute Gasteiger partial charge is 1.00 e. The molecule has 2 aromatic carbocycles. The summed E-state index contributed by atoms with van der Waals surface area (Å²) < 4.78 is 2.13. The number of carbonyl (C=O) groups is 2. The average molecular weight is 492 g/mol. The van der Waals surface area contributed by atoms with Gasteiger partial charge in [-0.2, -0.15) is 5.10 Å². The molecule has 0 aliphatic carbocycles. The molecule has 11 heteroatoms. The first-order valence-corrected chi connectivity index (χ1v) is 10.9. The minimum absolute atomic E-state index is 0. The van der Waals surface area contributed by atoms with E-state index in [9.17, 15) is 19.8 Å². The van der Waals surface area contributed by atoms with E-state index < -0.39 is 18.5 Å². The Morgan fingerprint density at radius 2 is 1.91 bits per heavy atom. The number of aliphatic carboxylic acids is 1. The van der Waals surface area contributed by atoms with Gasteiger partial charge in [-0.3, -0.25) is 14.5 Å². The van der Waals surface area contributed by atoms with Crippen LogP contribution < -0.4 is 44.9 Å². The van der Waals surface area contributed by atoms with Gasteiger partial charge in [0.05, 0.1) is 11.8 Å². The Kier molecular flexibility index (Phi) is 10.5. The zero-order valence-corrected chi connectivity index (χ0v) is 22.3. The molecule has 3 rings (SSSR count). The van der Waals surface area contributed by atoms with Crippen LogP contribution in [0.15, 0.2) is 48.8 Å². The Morgan fingerprint density at radius 3 is 2.53 bits per heavy atom. The third-order valence-corrected chi connectivity index (χ3v) is 5.45. The van der Waals surface area contributed by atoms with Crippen LogP contribution in [0.25, 0.3) is 5.69 Å². The Hall–Kier alpha value is -2.50. The van der Waals surface area contributed by atoms with E-state index in [1.54, 1.807) is 29.1 Å². The van der Waals surface area contributed by atoms with Crippen molar-refractivity contribution in [3.63, 3.8) is 0 Å². The van der Waals surface area contributed by atoms with Gasteiger partial charge in [0.1, 0.15) is 6.33 Å². The summed E-state index contributed by atoms with van der Waals surface area (Å²) in [5, 5.41) is 30.6. The van der Waals surface area contributed by atoms with Gasteiger partial charge in [0.2, 0.25) is 5.91 Å². The smallest absolute Gasteiger partial charge is 0.550 e. The number of anilines is 2. The number of amides is 1. The normalized spacial score (nSPS) is 11.4. The molecule has 3 aromatic rings. The van der Waals surface area contributed by atoms with Crippen LogP contribution in [0.2, 0.25) is 0 Å². The number of carboxylic acid groups (broad SMARTS) is 1. The van der Waals surface area contributed by atoms with Crippen LogP contribution in [-0.2, 0) is 9.59 Å². The maximum atomic E-state index is 12.7. The number of nitrogens with zero attached hydrogens (tertiary/aromatic N) is 3. The number of H-pyrrole nitrogens is 1. The van der Waals surface area contributed by atoms with E-state index in [0.29, 0.717) is 17.0 Å². The van der Waals surface area contributed by atoms with E-state index in [1.807, 2.05) is 43.0 Å². The molecule has 9 nitrogen and oxygen atoms in total. The quantitative estimate of drug-likeness (QED) is 0.242. The third kappa shape index (κ3) is 7.51. The van der Waals surface area contributed by atoms with Gasteiger partial charge in [0.25, 0.3) is 0 Å².